The molecule has 0 radical (unpaired) electrons. The van der Waals surface area contributed by atoms with Gasteiger partial charge >= 0.3 is 5.97 Å². The molecule has 1 amide bonds. The number of methoxy groups -OCH3 is 1. The van der Waals surface area contributed by atoms with E-state index in [4.69, 9.17) is 9.47 Å². The molecule has 0 aliphatic heterocycles. The van der Waals surface area contributed by atoms with Crippen LogP contribution in [0.25, 0.3) is 0 Å². The van der Waals surface area contributed by atoms with Crippen LogP contribution in [0.4, 0.5) is 14.5 Å². The molecule has 0 unspecified atom stereocenters. The molecule has 0 aromatic heterocycles. The predicted molar refractivity (Wildman–Crippen MR) is 94.4 cm³/mol. The van der Waals surface area contributed by atoms with Gasteiger partial charge in [0.25, 0.3) is 11.7 Å². The number of ether oxygens (including phenoxy) is 2. The highest BCUT2D eigenvalue weighted by Gasteiger charge is 2.11. The highest BCUT2D eigenvalue weighted by Crippen LogP contribution is 2.26. The van der Waals surface area contributed by atoms with Crippen LogP contribution >= 0.6 is 11.8 Å². The van der Waals surface area contributed by atoms with E-state index < -0.39 is 24.2 Å². The fourth-order valence-corrected chi connectivity index (χ4v) is 2.58. The van der Waals surface area contributed by atoms with Gasteiger partial charge in [0.1, 0.15) is 0 Å². The highest BCUT2D eigenvalue weighted by molar-refractivity contribution is 7.99. The van der Waals surface area contributed by atoms with Gasteiger partial charge in [-0.05, 0) is 42.0 Å². The van der Waals surface area contributed by atoms with E-state index in [1.807, 2.05) is 6.07 Å². The molecule has 0 fully saturated rings. The number of hydrogen-bond acceptors (Lipinski definition) is 5. The summed E-state index contributed by atoms with van der Waals surface area (Å²) in [6.07, 6.45) is 0. The number of benzene rings is 2. The minimum atomic E-state index is -2.50. The second-order valence-corrected chi connectivity index (χ2v) is 6.22. The average Bonchev–Trinajstić information content (AvgIpc) is 2.61. The van der Waals surface area contributed by atoms with Gasteiger partial charge in [0.2, 0.25) is 0 Å². The normalized spacial score (nSPS) is 10.6. The van der Waals surface area contributed by atoms with Crippen molar-refractivity contribution in [3.63, 3.8) is 0 Å². The quantitative estimate of drug-likeness (QED) is 0.554. The molecule has 0 aliphatic rings. The lowest BCUT2D eigenvalue weighted by molar-refractivity contribution is -0.119. The summed E-state index contributed by atoms with van der Waals surface area (Å²) in [5.41, 5.74) is 1.56. The summed E-state index contributed by atoms with van der Waals surface area (Å²) >= 11 is 0.418. The monoisotopic (exact) mass is 381 g/mol. The average molecular weight is 381 g/mol. The Bertz CT molecular complexity index is 753. The smallest absolute Gasteiger partial charge is 0.338 e. The third kappa shape index (κ3) is 6.45. The molecule has 2 aromatic rings. The molecule has 0 bridgehead atoms. The Morgan fingerprint density at radius 1 is 1.15 bits per heavy atom. The second kappa shape index (κ2) is 9.88. The number of esters is 1. The zero-order valence-electron chi connectivity index (χ0n) is 13.9. The molecule has 26 heavy (non-hydrogen) atoms. The van der Waals surface area contributed by atoms with Crippen molar-refractivity contribution in [2.24, 2.45) is 0 Å². The standard InChI is InChI=1S/C18H17F2NO4S/c1-24-10-12-3-2-4-13(9-12)17(23)25-11-16(22)21-14-5-7-15(8-6-14)26-18(19)20/h2-9,18H,10-11H2,1H3,(H,21,22). The van der Waals surface area contributed by atoms with Crippen LogP contribution in [0.15, 0.2) is 53.4 Å². The number of carbonyl (C=O) groups excluding carboxylic acids is 2. The Hall–Kier alpha value is -2.45. The number of halogens is 2. The highest BCUT2D eigenvalue weighted by atomic mass is 32.2. The Morgan fingerprint density at radius 2 is 1.88 bits per heavy atom. The summed E-state index contributed by atoms with van der Waals surface area (Å²) in [6.45, 7) is -0.0949. The van der Waals surface area contributed by atoms with Gasteiger partial charge in [0.15, 0.2) is 6.61 Å². The van der Waals surface area contributed by atoms with E-state index in [-0.39, 0.29) is 0 Å². The maximum Gasteiger partial charge on any atom is 0.338 e. The van der Waals surface area contributed by atoms with Crippen LogP contribution in [0.3, 0.4) is 0 Å². The van der Waals surface area contributed by atoms with E-state index >= 15 is 0 Å². The SMILES string of the molecule is COCc1cccc(C(=O)OCC(=O)Nc2ccc(SC(F)F)cc2)c1. The number of thioether (sulfide) groups is 1. The lowest BCUT2D eigenvalue weighted by Crippen LogP contribution is -2.21. The first-order valence-corrected chi connectivity index (χ1v) is 8.45. The van der Waals surface area contributed by atoms with Gasteiger partial charge in [-0.15, -0.1) is 0 Å². The Balaban J connectivity index is 1.84. The minimum absolute atomic E-state index is 0.320. The first-order valence-electron chi connectivity index (χ1n) is 7.57. The minimum Gasteiger partial charge on any atom is -0.452 e. The van der Waals surface area contributed by atoms with Crippen LogP contribution in [0.2, 0.25) is 0 Å². The topological polar surface area (TPSA) is 64.6 Å². The molecule has 0 spiro atoms. The Morgan fingerprint density at radius 3 is 2.54 bits per heavy atom. The lowest BCUT2D eigenvalue weighted by atomic mass is 10.1. The molecule has 5 nitrogen and oxygen atoms in total. The fraction of sp³-hybridized carbons (Fsp3) is 0.222. The van der Waals surface area contributed by atoms with Crippen LogP contribution in [-0.4, -0.2) is 31.4 Å². The lowest BCUT2D eigenvalue weighted by Gasteiger charge is -2.08. The molecule has 0 saturated carbocycles. The predicted octanol–water partition coefficient (Wildman–Crippen LogP) is 3.94. The molecule has 0 saturated heterocycles. The van der Waals surface area contributed by atoms with E-state index in [9.17, 15) is 18.4 Å². The van der Waals surface area contributed by atoms with Crippen molar-refractivity contribution < 1.29 is 27.8 Å². The number of hydrogen-bond donors (Lipinski definition) is 1. The summed E-state index contributed by atoms with van der Waals surface area (Å²) in [5, 5.41) is 2.53. The molecule has 2 aromatic carbocycles. The van der Waals surface area contributed by atoms with Crippen molar-refractivity contribution in [1.29, 1.82) is 0 Å². The first-order chi connectivity index (χ1) is 12.5. The third-order valence-corrected chi connectivity index (χ3v) is 3.89. The van der Waals surface area contributed by atoms with Crippen LogP contribution < -0.4 is 5.32 Å². The van der Waals surface area contributed by atoms with Crippen molar-refractivity contribution in [2.45, 2.75) is 17.3 Å². The van der Waals surface area contributed by atoms with Gasteiger partial charge < -0.3 is 14.8 Å². The molecular weight excluding hydrogens is 364 g/mol. The Labute approximate surface area is 153 Å². The maximum absolute atomic E-state index is 12.3. The summed E-state index contributed by atoms with van der Waals surface area (Å²) in [7, 11) is 1.55. The molecule has 0 heterocycles. The van der Waals surface area contributed by atoms with Gasteiger partial charge in [0.05, 0.1) is 12.2 Å². The van der Waals surface area contributed by atoms with E-state index in [0.29, 0.717) is 34.5 Å². The van der Waals surface area contributed by atoms with E-state index in [1.165, 1.54) is 24.3 Å². The largest absolute Gasteiger partial charge is 0.452 e. The number of carbonyl (C=O) groups is 2. The zero-order chi connectivity index (χ0) is 18.9. The van der Waals surface area contributed by atoms with Crippen LogP contribution in [0.5, 0.6) is 0 Å². The third-order valence-electron chi connectivity index (χ3n) is 3.17. The number of amides is 1. The van der Waals surface area contributed by atoms with Crippen molar-refractivity contribution >= 4 is 29.3 Å². The van der Waals surface area contributed by atoms with Gasteiger partial charge in [0, 0.05) is 17.7 Å². The number of rotatable bonds is 8. The zero-order valence-corrected chi connectivity index (χ0v) is 14.7. The van der Waals surface area contributed by atoms with Crippen molar-refractivity contribution in [3.05, 3.63) is 59.7 Å². The van der Waals surface area contributed by atoms with E-state index in [2.05, 4.69) is 5.32 Å². The number of nitrogens with one attached hydrogen (secondary N) is 1. The van der Waals surface area contributed by atoms with Gasteiger partial charge in [-0.1, -0.05) is 23.9 Å². The molecule has 0 aliphatic carbocycles. The summed E-state index contributed by atoms with van der Waals surface area (Å²) in [6, 6.07) is 12.7. The van der Waals surface area contributed by atoms with Crippen molar-refractivity contribution in [3.8, 4) is 0 Å². The van der Waals surface area contributed by atoms with Crippen molar-refractivity contribution in [1.82, 2.24) is 0 Å². The molecule has 8 heteroatoms. The summed E-state index contributed by atoms with van der Waals surface area (Å²) in [4.78, 5) is 24.2. The Kier molecular flexibility index (Phi) is 7.55. The molecule has 1 N–H and O–H groups in total. The summed E-state index contributed by atoms with van der Waals surface area (Å²) < 4.78 is 34.5. The molecular formula is C18H17F2NO4S. The van der Waals surface area contributed by atoms with Gasteiger partial charge in [-0.2, -0.15) is 8.78 Å². The maximum atomic E-state index is 12.3. The molecule has 2 rings (SSSR count). The second-order valence-electron chi connectivity index (χ2n) is 5.16. The number of alkyl halides is 2. The number of anilines is 1. The summed E-state index contributed by atoms with van der Waals surface area (Å²) in [5.74, 6) is -3.65. The van der Waals surface area contributed by atoms with E-state index in [0.717, 1.165) is 5.56 Å². The molecule has 138 valence electrons. The van der Waals surface area contributed by atoms with Gasteiger partial charge in [-0.3, -0.25) is 4.79 Å². The van der Waals surface area contributed by atoms with Crippen molar-refractivity contribution in [2.75, 3.05) is 19.0 Å². The van der Waals surface area contributed by atoms with Crippen LogP contribution in [0, 0.1) is 0 Å². The van der Waals surface area contributed by atoms with Gasteiger partial charge in [-0.25, -0.2) is 4.79 Å². The molecule has 0 atom stereocenters. The van der Waals surface area contributed by atoms with Crippen LogP contribution in [0.1, 0.15) is 15.9 Å². The van der Waals surface area contributed by atoms with Crippen LogP contribution in [-0.2, 0) is 20.9 Å². The fourth-order valence-electron chi connectivity index (χ4n) is 2.09. The first kappa shape index (κ1) is 19.9. The van der Waals surface area contributed by atoms with E-state index in [1.54, 1.807) is 25.3 Å².